The molecule has 4 aliphatic rings. The number of primary amides is 1. The molecule has 36 heavy (non-hydrogen) atoms. The van der Waals surface area contributed by atoms with Crippen LogP contribution in [0.4, 0.5) is 4.39 Å². The molecule has 0 saturated carbocycles. The first-order chi connectivity index (χ1) is 16.9. The van der Waals surface area contributed by atoms with Gasteiger partial charge >= 0.3 is 0 Å². The fourth-order valence-corrected chi connectivity index (χ4v) is 6.51. The molecule has 6 N–H and O–H groups in total. The molecule has 192 valence electrons. The maximum atomic E-state index is 15.7. The number of benzene rings is 1. The van der Waals surface area contributed by atoms with E-state index in [4.69, 9.17) is 5.73 Å². The van der Waals surface area contributed by atoms with Crippen molar-refractivity contribution in [2.45, 2.75) is 51.2 Å². The van der Waals surface area contributed by atoms with E-state index in [-0.39, 0.29) is 48.1 Å². The van der Waals surface area contributed by atoms with E-state index in [9.17, 15) is 34.8 Å². The molecule has 1 amide bonds. The van der Waals surface area contributed by atoms with Gasteiger partial charge in [0.25, 0.3) is 5.91 Å². The zero-order chi connectivity index (χ0) is 26.1. The number of fused-ring (bicyclic) bond motifs is 3. The van der Waals surface area contributed by atoms with E-state index in [0.29, 0.717) is 5.92 Å². The predicted molar refractivity (Wildman–Crippen MR) is 124 cm³/mol. The van der Waals surface area contributed by atoms with Crippen LogP contribution in [0.1, 0.15) is 54.1 Å². The zero-order valence-corrected chi connectivity index (χ0v) is 19.9. The normalized spacial score (nSPS) is 30.7. The summed E-state index contributed by atoms with van der Waals surface area (Å²) in [5.41, 5.74) is 1.44. The monoisotopic (exact) mass is 500 g/mol. The Bertz CT molecular complexity index is 1270. The summed E-state index contributed by atoms with van der Waals surface area (Å²) in [5.74, 6) is -7.33. The second-order valence-electron chi connectivity index (χ2n) is 10.6. The number of nitrogens with zero attached hydrogens (tertiary/aromatic N) is 1. The molecular weight excluding hydrogens is 471 g/mol. The smallest absolute Gasteiger partial charge is 0.255 e. The lowest BCUT2D eigenvalue weighted by Crippen LogP contribution is -2.57. The van der Waals surface area contributed by atoms with Crippen LogP contribution in [-0.2, 0) is 22.6 Å². The van der Waals surface area contributed by atoms with Crippen molar-refractivity contribution >= 4 is 17.5 Å². The van der Waals surface area contributed by atoms with Crippen molar-refractivity contribution in [1.29, 1.82) is 0 Å². The van der Waals surface area contributed by atoms with Gasteiger partial charge in [-0.25, -0.2) is 4.39 Å². The predicted octanol–water partition coefficient (Wildman–Crippen LogP) is 1.95. The number of phenols is 1. The number of allylic oxidation sites excluding steroid dienone is 2. The van der Waals surface area contributed by atoms with Crippen molar-refractivity contribution in [2.75, 3.05) is 13.1 Å². The van der Waals surface area contributed by atoms with E-state index in [0.717, 1.165) is 25.9 Å². The number of carbonyl (C=O) groups excluding carboxylic acids is 3. The fraction of sp³-hybridized carbons (Fsp3) is 0.500. The summed E-state index contributed by atoms with van der Waals surface area (Å²) >= 11 is 0. The van der Waals surface area contributed by atoms with E-state index in [2.05, 4.69) is 11.8 Å². The van der Waals surface area contributed by atoms with Crippen molar-refractivity contribution in [3.63, 3.8) is 0 Å². The number of phenolic OH excluding ortho intramolecular Hbond substituents is 1. The van der Waals surface area contributed by atoms with Gasteiger partial charge in [0.1, 0.15) is 28.7 Å². The van der Waals surface area contributed by atoms with Crippen LogP contribution < -0.4 is 5.73 Å². The molecule has 1 aromatic rings. The molecular formula is C26H29FN2O7. The quantitative estimate of drug-likeness (QED) is 0.394. The highest BCUT2D eigenvalue weighted by Crippen LogP contribution is 2.51. The van der Waals surface area contributed by atoms with Gasteiger partial charge in [0.2, 0.25) is 5.78 Å². The Morgan fingerprint density at radius 3 is 2.64 bits per heavy atom. The summed E-state index contributed by atoms with van der Waals surface area (Å²) in [4.78, 5) is 40.2. The van der Waals surface area contributed by atoms with Crippen LogP contribution in [0.15, 0.2) is 28.7 Å². The van der Waals surface area contributed by atoms with Gasteiger partial charge in [-0.3, -0.25) is 19.3 Å². The number of aliphatic hydroxyl groups excluding tert-OH is 2. The van der Waals surface area contributed by atoms with Gasteiger partial charge in [-0.2, -0.15) is 0 Å². The first-order valence-electron chi connectivity index (χ1n) is 12.2. The van der Waals surface area contributed by atoms with Crippen LogP contribution in [0.25, 0.3) is 0 Å². The van der Waals surface area contributed by atoms with Crippen LogP contribution in [0.3, 0.4) is 0 Å². The Hall–Kier alpha value is -3.24. The topological polar surface area (TPSA) is 161 Å². The van der Waals surface area contributed by atoms with Crippen molar-refractivity contribution < 1.29 is 39.2 Å². The Morgan fingerprint density at radius 2 is 1.97 bits per heavy atom. The van der Waals surface area contributed by atoms with Crippen LogP contribution >= 0.6 is 0 Å². The Kier molecular flexibility index (Phi) is 5.72. The fourth-order valence-electron chi connectivity index (χ4n) is 6.51. The minimum absolute atomic E-state index is 0.0308. The molecule has 5 rings (SSSR count). The van der Waals surface area contributed by atoms with Gasteiger partial charge in [0, 0.05) is 42.1 Å². The summed E-state index contributed by atoms with van der Waals surface area (Å²) in [5, 5.41) is 43.2. The first kappa shape index (κ1) is 24.5. The number of nitrogens with two attached hydrogens (primary N) is 1. The third-order valence-corrected chi connectivity index (χ3v) is 8.21. The highest BCUT2D eigenvalue weighted by Gasteiger charge is 2.59. The molecule has 3 aliphatic carbocycles. The number of halogens is 1. The molecule has 0 bridgehead atoms. The number of aliphatic hydroxyl groups is 3. The lowest BCUT2D eigenvalue weighted by Gasteiger charge is -2.45. The van der Waals surface area contributed by atoms with Crippen molar-refractivity contribution in [3.05, 3.63) is 51.2 Å². The summed E-state index contributed by atoms with van der Waals surface area (Å²) in [6, 6.07) is 1.22. The van der Waals surface area contributed by atoms with E-state index in [1.54, 1.807) is 0 Å². The Balaban J connectivity index is 1.56. The number of Topliss-reactive ketones (excluding diaryl/α,β-unsaturated/α-hetero) is 2. The largest absolute Gasteiger partial charge is 0.511 e. The molecule has 0 spiro atoms. The molecule has 1 heterocycles. The highest BCUT2D eigenvalue weighted by molar-refractivity contribution is 6.24. The second kappa shape index (κ2) is 8.41. The SMILES string of the molecule is C[C@@H]1CCCN(Cc2cc(O)c3c(c2F)CC2C[C@H]4CC(O)=C(C(N)=O)C(=O)[C@@]4(O)C(O)=C2C3=O)C1. The molecule has 1 fully saturated rings. The van der Waals surface area contributed by atoms with Gasteiger partial charge < -0.3 is 26.2 Å². The minimum Gasteiger partial charge on any atom is -0.511 e. The summed E-state index contributed by atoms with van der Waals surface area (Å²) in [7, 11) is 0. The van der Waals surface area contributed by atoms with Gasteiger partial charge in [-0.15, -0.1) is 0 Å². The van der Waals surface area contributed by atoms with Crippen LogP contribution in [0.5, 0.6) is 5.75 Å². The Morgan fingerprint density at radius 1 is 1.25 bits per heavy atom. The second-order valence-corrected chi connectivity index (χ2v) is 10.6. The maximum Gasteiger partial charge on any atom is 0.255 e. The minimum atomic E-state index is -2.63. The van der Waals surface area contributed by atoms with Gasteiger partial charge in [-0.05, 0) is 50.1 Å². The number of carbonyl (C=O) groups is 3. The van der Waals surface area contributed by atoms with Crippen molar-refractivity contribution in [3.8, 4) is 5.75 Å². The summed E-state index contributed by atoms with van der Waals surface area (Å²) in [6.07, 6.45) is 1.70. The third kappa shape index (κ3) is 3.46. The van der Waals surface area contributed by atoms with Gasteiger partial charge in [0.05, 0.1) is 5.56 Å². The average Bonchev–Trinajstić information content (AvgIpc) is 2.79. The van der Waals surface area contributed by atoms with E-state index in [1.807, 2.05) is 0 Å². The van der Waals surface area contributed by atoms with E-state index in [1.165, 1.54) is 6.07 Å². The summed E-state index contributed by atoms with van der Waals surface area (Å²) < 4.78 is 15.7. The number of rotatable bonds is 3. The molecule has 1 aromatic carbocycles. The molecule has 0 aromatic heterocycles. The molecule has 4 atom stereocenters. The maximum absolute atomic E-state index is 15.7. The number of aromatic hydroxyl groups is 1. The van der Waals surface area contributed by atoms with Gasteiger partial charge in [-0.1, -0.05) is 6.92 Å². The average molecular weight is 501 g/mol. The number of likely N-dealkylation sites (tertiary alicyclic amines) is 1. The summed E-state index contributed by atoms with van der Waals surface area (Å²) in [6.45, 7) is 4.03. The van der Waals surface area contributed by atoms with E-state index < -0.39 is 63.6 Å². The van der Waals surface area contributed by atoms with Crippen LogP contribution in [-0.4, -0.2) is 61.5 Å². The molecule has 1 unspecified atom stereocenters. The van der Waals surface area contributed by atoms with Gasteiger partial charge in [0.15, 0.2) is 11.4 Å². The number of ketones is 2. The molecule has 1 saturated heterocycles. The van der Waals surface area contributed by atoms with Crippen molar-refractivity contribution in [2.24, 2.45) is 23.5 Å². The first-order valence-corrected chi connectivity index (χ1v) is 12.2. The number of hydrogen-bond donors (Lipinski definition) is 5. The Labute approximate surface area is 206 Å². The number of amides is 1. The molecule has 10 heteroatoms. The highest BCUT2D eigenvalue weighted by atomic mass is 19.1. The lowest BCUT2D eigenvalue weighted by molar-refractivity contribution is -0.144. The van der Waals surface area contributed by atoms with E-state index >= 15 is 4.39 Å². The standard InChI is InChI=1S/C26H29FN2O7/c1-11-3-2-4-29(9-11)10-13-7-16(30)19-15(21(13)27)6-12-5-14-8-17(31)20(25(28)35)24(34)26(14,36)23(33)18(12)22(19)32/h7,11-12,14,30-31,33,36H,2-6,8-10H2,1H3,(H2,28,35)/t11-,12?,14+,26+/m1/s1. The molecule has 1 aliphatic heterocycles. The molecule has 0 radical (unpaired) electrons. The van der Waals surface area contributed by atoms with Crippen LogP contribution in [0.2, 0.25) is 0 Å². The van der Waals surface area contributed by atoms with Crippen molar-refractivity contribution in [1.82, 2.24) is 4.90 Å². The third-order valence-electron chi connectivity index (χ3n) is 8.21. The number of piperidine rings is 1. The molecule has 9 nitrogen and oxygen atoms in total. The zero-order valence-electron chi connectivity index (χ0n) is 19.9. The lowest BCUT2D eigenvalue weighted by atomic mass is 9.60. The van der Waals surface area contributed by atoms with Crippen LogP contribution in [0, 0.1) is 23.6 Å². The number of hydrogen-bond acceptors (Lipinski definition) is 8.